The molecule has 0 radical (unpaired) electrons. The summed E-state index contributed by atoms with van der Waals surface area (Å²) >= 11 is 5.95. The Kier molecular flexibility index (Phi) is 5.14. The van der Waals surface area contributed by atoms with Gasteiger partial charge in [-0.1, -0.05) is 24.4 Å². The zero-order valence-corrected chi connectivity index (χ0v) is 13.1. The fourth-order valence-corrected chi connectivity index (χ4v) is 2.99. The van der Waals surface area contributed by atoms with Crippen LogP contribution in [-0.2, 0) is 0 Å². The highest BCUT2D eigenvalue weighted by molar-refractivity contribution is 6.31. The summed E-state index contributed by atoms with van der Waals surface area (Å²) in [6, 6.07) is 7.49. The smallest absolute Gasteiger partial charge is 0.268 e. The Morgan fingerprint density at radius 3 is 2.81 bits per heavy atom. The van der Waals surface area contributed by atoms with E-state index in [9.17, 15) is 4.79 Å². The highest BCUT2D eigenvalue weighted by atomic mass is 35.5. The van der Waals surface area contributed by atoms with Gasteiger partial charge in [0.05, 0.1) is 0 Å². The number of carbonyl (C=O) groups is 1. The number of benzene rings is 1. The van der Waals surface area contributed by atoms with Crippen molar-refractivity contribution in [3.8, 4) is 0 Å². The van der Waals surface area contributed by atoms with Crippen LogP contribution in [0.2, 0.25) is 5.02 Å². The number of halogens is 2. The molecule has 0 bridgehead atoms. The van der Waals surface area contributed by atoms with Gasteiger partial charge in [0.25, 0.3) is 5.91 Å². The summed E-state index contributed by atoms with van der Waals surface area (Å²) in [5.41, 5.74) is 7.52. The average Bonchev–Trinajstić information content (AvgIpc) is 2.84. The third-order valence-electron chi connectivity index (χ3n) is 3.96. The van der Waals surface area contributed by atoms with E-state index < -0.39 is 0 Å². The lowest BCUT2D eigenvalue weighted by atomic mass is 9.91. The molecule has 1 fully saturated rings. The summed E-state index contributed by atoms with van der Waals surface area (Å²) in [5.74, 6) is -0.0975. The van der Waals surface area contributed by atoms with Crippen molar-refractivity contribution in [3.05, 3.63) is 35.0 Å². The zero-order valence-electron chi connectivity index (χ0n) is 11.6. The molecule has 1 heterocycles. The summed E-state index contributed by atoms with van der Waals surface area (Å²) in [7, 11) is 0. The Labute approximate surface area is 134 Å². The maximum atomic E-state index is 12.3. The lowest BCUT2D eigenvalue weighted by Gasteiger charge is -2.29. The fourth-order valence-electron chi connectivity index (χ4n) is 2.81. The van der Waals surface area contributed by atoms with Crippen molar-refractivity contribution in [2.45, 2.75) is 37.8 Å². The van der Waals surface area contributed by atoms with Crippen molar-refractivity contribution in [1.29, 1.82) is 0 Å². The van der Waals surface area contributed by atoms with Crippen molar-refractivity contribution in [3.63, 3.8) is 0 Å². The molecule has 1 aromatic carbocycles. The van der Waals surface area contributed by atoms with E-state index in [4.69, 9.17) is 17.3 Å². The third kappa shape index (κ3) is 3.51. The molecule has 4 nitrogen and oxygen atoms in total. The molecule has 0 spiro atoms. The van der Waals surface area contributed by atoms with E-state index in [0.29, 0.717) is 10.7 Å². The number of hydrogen-bond donors (Lipinski definition) is 3. The van der Waals surface area contributed by atoms with Gasteiger partial charge in [-0.2, -0.15) is 0 Å². The Balaban J connectivity index is 0.00000161. The first kappa shape index (κ1) is 16.1. The summed E-state index contributed by atoms with van der Waals surface area (Å²) in [6.07, 6.45) is 4.21. The summed E-state index contributed by atoms with van der Waals surface area (Å²) in [6.45, 7) is 0. The molecule has 0 saturated heterocycles. The van der Waals surface area contributed by atoms with Crippen molar-refractivity contribution in [2.24, 2.45) is 5.73 Å². The van der Waals surface area contributed by atoms with Crippen LogP contribution in [0.3, 0.4) is 0 Å². The number of carbonyl (C=O) groups excluding carboxylic acids is 1. The zero-order chi connectivity index (χ0) is 14.1. The predicted molar refractivity (Wildman–Crippen MR) is 88.3 cm³/mol. The molecule has 1 aliphatic rings. The van der Waals surface area contributed by atoms with Crippen LogP contribution < -0.4 is 11.1 Å². The number of nitrogens with two attached hydrogens (primary N) is 1. The van der Waals surface area contributed by atoms with E-state index in [1.165, 1.54) is 0 Å². The number of aromatic amines is 1. The topological polar surface area (TPSA) is 70.9 Å². The van der Waals surface area contributed by atoms with E-state index in [0.717, 1.165) is 36.6 Å². The highest BCUT2D eigenvalue weighted by Gasteiger charge is 2.24. The van der Waals surface area contributed by atoms with Crippen LogP contribution in [0.5, 0.6) is 0 Å². The maximum Gasteiger partial charge on any atom is 0.268 e. The van der Waals surface area contributed by atoms with Gasteiger partial charge in [0.2, 0.25) is 0 Å². The van der Waals surface area contributed by atoms with Gasteiger partial charge < -0.3 is 16.0 Å². The molecule has 4 N–H and O–H groups in total. The molecule has 0 aliphatic heterocycles. The minimum atomic E-state index is -0.0975. The van der Waals surface area contributed by atoms with Gasteiger partial charge in [0, 0.05) is 28.0 Å². The minimum absolute atomic E-state index is 0. The van der Waals surface area contributed by atoms with E-state index in [-0.39, 0.29) is 30.4 Å². The van der Waals surface area contributed by atoms with E-state index >= 15 is 0 Å². The summed E-state index contributed by atoms with van der Waals surface area (Å²) < 4.78 is 0. The van der Waals surface area contributed by atoms with Gasteiger partial charge >= 0.3 is 0 Å². The SMILES string of the molecule is Cl.NC1CCCCC1NC(=O)c1cc2cc(Cl)ccc2[nH]1. The third-order valence-corrected chi connectivity index (χ3v) is 4.20. The Morgan fingerprint density at radius 1 is 1.29 bits per heavy atom. The van der Waals surface area contributed by atoms with Gasteiger partial charge in [-0.15, -0.1) is 12.4 Å². The molecule has 1 aliphatic carbocycles. The second-order valence-corrected chi connectivity index (χ2v) is 5.88. The Bertz CT molecular complexity index is 641. The second kappa shape index (κ2) is 6.69. The molecule has 21 heavy (non-hydrogen) atoms. The van der Waals surface area contributed by atoms with E-state index in [1.807, 2.05) is 18.2 Å². The Hall–Kier alpha value is -1.23. The van der Waals surface area contributed by atoms with Gasteiger partial charge in [-0.05, 0) is 37.1 Å². The van der Waals surface area contributed by atoms with Crippen molar-refractivity contribution < 1.29 is 4.79 Å². The molecular weight excluding hydrogens is 309 g/mol. The van der Waals surface area contributed by atoms with Crippen LogP contribution in [0, 0.1) is 0 Å². The normalized spacial score (nSPS) is 21.8. The fraction of sp³-hybridized carbons (Fsp3) is 0.400. The number of H-pyrrole nitrogens is 1. The van der Waals surface area contributed by atoms with Crippen LogP contribution in [0.15, 0.2) is 24.3 Å². The van der Waals surface area contributed by atoms with Gasteiger partial charge in [-0.25, -0.2) is 0 Å². The average molecular weight is 328 g/mol. The summed E-state index contributed by atoms with van der Waals surface area (Å²) in [5, 5.41) is 4.64. The summed E-state index contributed by atoms with van der Waals surface area (Å²) in [4.78, 5) is 15.4. The predicted octanol–water partition coefficient (Wildman–Crippen LogP) is 3.24. The lowest BCUT2D eigenvalue weighted by Crippen LogP contribution is -2.49. The standard InChI is InChI=1S/C15H18ClN3O.ClH/c16-10-5-6-12-9(7-10)8-14(18-12)15(20)19-13-4-2-1-3-11(13)17;/h5-8,11,13,18H,1-4,17H2,(H,19,20);1H. The van der Waals surface area contributed by atoms with Crippen LogP contribution in [-0.4, -0.2) is 23.0 Å². The largest absolute Gasteiger partial charge is 0.351 e. The van der Waals surface area contributed by atoms with E-state index in [1.54, 1.807) is 6.07 Å². The molecular formula is C15H19Cl2N3O. The lowest BCUT2D eigenvalue weighted by molar-refractivity contribution is 0.0917. The quantitative estimate of drug-likeness (QED) is 0.792. The molecule has 6 heteroatoms. The number of rotatable bonds is 2. The number of hydrogen-bond acceptors (Lipinski definition) is 2. The number of aromatic nitrogens is 1. The highest BCUT2D eigenvalue weighted by Crippen LogP contribution is 2.21. The van der Waals surface area contributed by atoms with Gasteiger partial charge in [-0.3, -0.25) is 4.79 Å². The van der Waals surface area contributed by atoms with Crippen molar-refractivity contribution in [2.75, 3.05) is 0 Å². The monoisotopic (exact) mass is 327 g/mol. The molecule has 3 rings (SSSR count). The number of nitrogens with one attached hydrogen (secondary N) is 2. The van der Waals surface area contributed by atoms with Crippen LogP contribution >= 0.6 is 24.0 Å². The van der Waals surface area contributed by atoms with E-state index in [2.05, 4.69) is 10.3 Å². The van der Waals surface area contributed by atoms with Gasteiger partial charge in [0.15, 0.2) is 0 Å². The first-order chi connectivity index (χ1) is 9.63. The number of amides is 1. The molecule has 1 saturated carbocycles. The minimum Gasteiger partial charge on any atom is -0.351 e. The van der Waals surface area contributed by atoms with Crippen molar-refractivity contribution >= 4 is 40.8 Å². The molecule has 114 valence electrons. The molecule has 1 amide bonds. The van der Waals surface area contributed by atoms with Crippen LogP contribution in [0.1, 0.15) is 36.2 Å². The molecule has 2 unspecified atom stereocenters. The van der Waals surface area contributed by atoms with Gasteiger partial charge in [0.1, 0.15) is 5.69 Å². The number of fused-ring (bicyclic) bond motifs is 1. The molecule has 2 atom stereocenters. The molecule has 1 aromatic heterocycles. The van der Waals surface area contributed by atoms with Crippen molar-refractivity contribution in [1.82, 2.24) is 10.3 Å². The van der Waals surface area contributed by atoms with Crippen LogP contribution in [0.25, 0.3) is 10.9 Å². The molecule has 2 aromatic rings. The Morgan fingerprint density at radius 2 is 2.05 bits per heavy atom. The van der Waals surface area contributed by atoms with Crippen LogP contribution in [0.4, 0.5) is 0 Å². The first-order valence-electron chi connectivity index (χ1n) is 6.98. The second-order valence-electron chi connectivity index (χ2n) is 5.44. The maximum absolute atomic E-state index is 12.3. The first-order valence-corrected chi connectivity index (χ1v) is 7.36.